The first-order valence-electron chi connectivity index (χ1n) is 6.58. The van der Waals surface area contributed by atoms with Crippen molar-refractivity contribution < 1.29 is 9.90 Å². The van der Waals surface area contributed by atoms with Gasteiger partial charge in [-0.3, -0.25) is 4.79 Å². The van der Waals surface area contributed by atoms with Gasteiger partial charge in [-0.25, -0.2) is 0 Å². The van der Waals surface area contributed by atoms with Gasteiger partial charge in [-0.15, -0.1) is 0 Å². The summed E-state index contributed by atoms with van der Waals surface area (Å²) in [5.41, 5.74) is 1.36. The number of rotatable bonds is 4. The summed E-state index contributed by atoms with van der Waals surface area (Å²) in [5.74, 6) is -0.865. The van der Waals surface area contributed by atoms with Crippen molar-refractivity contribution in [3.8, 4) is 0 Å². The molecule has 0 amide bonds. The van der Waals surface area contributed by atoms with Crippen molar-refractivity contribution in [3.63, 3.8) is 0 Å². The van der Waals surface area contributed by atoms with Crippen LogP contribution < -0.4 is 0 Å². The molecular weight excluding hydrogens is 248 g/mol. The Hall–Kier alpha value is -2.35. The van der Waals surface area contributed by atoms with Crippen LogP contribution >= 0.6 is 0 Å². The molecule has 102 valence electrons. The van der Waals surface area contributed by atoms with Gasteiger partial charge in [0.2, 0.25) is 0 Å². The van der Waals surface area contributed by atoms with Crippen LogP contribution in [0.25, 0.3) is 0 Å². The normalized spacial score (nSPS) is 10.9. The minimum absolute atomic E-state index is 0.764. The summed E-state index contributed by atoms with van der Waals surface area (Å²) < 4.78 is 0. The summed E-state index contributed by atoms with van der Waals surface area (Å²) in [6.07, 6.45) is 1.82. The van der Waals surface area contributed by atoms with Crippen molar-refractivity contribution in [3.05, 3.63) is 83.4 Å². The first kappa shape index (κ1) is 14.1. The monoisotopic (exact) mass is 266 g/mol. The Balaban J connectivity index is 2.77. The molecule has 1 N–H and O–H groups in total. The van der Waals surface area contributed by atoms with Crippen LogP contribution in [0.3, 0.4) is 0 Å². The van der Waals surface area contributed by atoms with E-state index in [0.29, 0.717) is 0 Å². The quantitative estimate of drug-likeness (QED) is 0.848. The van der Waals surface area contributed by atoms with Crippen molar-refractivity contribution in [2.24, 2.45) is 0 Å². The fraction of sp³-hybridized carbons (Fsp3) is 0.167. The largest absolute Gasteiger partial charge is 0.480 e. The molecule has 0 aliphatic rings. The maximum Gasteiger partial charge on any atom is 0.322 e. The number of carboxylic acids is 1. The number of carbonyl (C=O) groups is 1. The van der Waals surface area contributed by atoms with E-state index in [2.05, 4.69) is 0 Å². The molecule has 0 saturated heterocycles. The molecule has 0 spiro atoms. The smallest absolute Gasteiger partial charge is 0.322 e. The second-order valence-electron chi connectivity index (χ2n) is 5.07. The predicted octanol–water partition coefficient (Wildman–Crippen LogP) is 4.02. The lowest BCUT2D eigenvalue weighted by Crippen LogP contribution is -2.35. The zero-order chi connectivity index (χ0) is 14.6. The van der Waals surface area contributed by atoms with Crippen LogP contribution in [0.2, 0.25) is 0 Å². The average Bonchev–Trinajstić information content (AvgIpc) is 2.46. The third-order valence-corrected chi connectivity index (χ3v) is 3.30. The zero-order valence-corrected chi connectivity index (χ0v) is 11.7. The maximum atomic E-state index is 12.1. The predicted molar refractivity (Wildman–Crippen MR) is 80.7 cm³/mol. The van der Waals surface area contributed by atoms with Gasteiger partial charge in [-0.1, -0.05) is 72.3 Å². The Kier molecular flexibility index (Phi) is 4.04. The van der Waals surface area contributed by atoms with Gasteiger partial charge in [0, 0.05) is 0 Å². The fourth-order valence-electron chi connectivity index (χ4n) is 2.48. The summed E-state index contributed by atoms with van der Waals surface area (Å²) in [5, 5.41) is 9.93. The van der Waals surface area contributed by atoms with E-state index >= 15 is 0 Å². The SMILES string of the molecule is CC(C)=CC(C(=O)O)(c1ccccc1)c1ccccc1. The average molecular weight is 266 g/mol. The summed E-state index contributed by atoms with van der Waals surface area (Å²) in [4.78, 5) is 12.1. The van der Waals surface area contributed by atoms with E-state index in [4.69, 9.17) is 0 Å². The van der Waals surface area contributed by atoms with E-state index < -0.39 is 11.4 Å². The van der Waals surface area contributed by atoms with Gasteiger partial charge in [-0.05, 0) is 25.0 Å². The van der Waals surface area contributed by atoms with E-state index in [1.807, 2.05) is 80.6 Å². The number of allylic oxidation sites excluding steroid dienone is 1. The van der Waals surface area contributed by atoms with Gasteiger partial charge >= 0.3 is 5.97 Å². The zero-order valence-electron chi connectivity index (χ0n) is 11.7. The van der Waals surface area contributed by atoms with Gasteiger partial charge in [0.15, 0.2) is 0 Å². The highest BCUT2D eigenvalue weighted by Gasteiger charge is 2.39. The van der Waals surface area contributed by atoms with E-state index in [1.54, 1.807) is 0 Å². The molecule has 0 aromatic heterocycles. The second kappa shape index (κ2) is 5.74. The first-order valence-corrected chi connectivity index (χ1v) is 6.58. The molecule has 2 aromatic rings. The molecule has 2 heteroatoms. The van der Waals surface area contributed by atoms with Crippen molar-refractivity contribution in [1.82, 2.24) is 0 Å². The molecule has 2 rings (SSSR count). The minimum Gasteiger partial charge on any atom is -0.480 e. The molecule has 0 bridgehead atoms. The molecule has 0 unspecified atom stereocenters. The molecule has 2 aromatic carbocycles. The summed E-state index contributed by atoms with van der Waals surface area (Å²) in [7, 11) is 0. The van der Waals surface area contributed by atoms with Crippen LogP contribution in [0.5, 0.6) is 0 Å². The Morgan fingerprint density at radius 1 is 0.900 bits per heavy atom. The van der Waals surface area contributed by atoms with E-state index in [-0.39, 0.29) is 0 Å². The lowest BCUT2D eigenvalue weighted by molar-refractivity contribution is -0.140. The van der Waals surface area contributed by atoms with Crippen molar-refractivity contribution in [1.29, 1.82) is 0 Å². The van der Waals surface area contributed by atoms with Gasteiger partial charge in [0.25, 0.3) is 0 Å². The third-order valence-electron chi connectivity index (χ3n) is 3.30. The molecule has 0 atom stereocenters. The van der Waals surface area contributed by atoms with Crippen LogP contribution in [0.4, 0.5) is 0 Å². The number of benzene rings is 2. The Morgan fingerprint density at radius 2 is 1.30 bits per heavy atom. The molecular formula is C18H18O2. The van der Waals surface area contributed by atoms with Crippen LogP contribution in [0.1, 0.15) is 25.0 Å². The van der Waals surface area contributed by atoms with Crippen molar-refractivity contribution in [2.45, 2.75) is 19.3 Å². The Bertz CT molecular complexity index is 569. The van der Waals surface area contributed by atoms with Crippen molar-refractivity contribution >= 4 is 5.97 Å². The van der Waals surface area contributed by atoms with Crippen molar-refractivity contribution in [2.75, 3.05) is 0 Å². The topological polar surface area (TPSA) is 37.3 Å². The van der Waals surface area contributed by atoms with Gasteiger partial charge in [0.1, 0.15) is 5.41 Å². The minimum atomic E-state index is -1.14. The molecule has 0 aliphatic heterocycles. The van der Waals surface area contributed by atoms with Crippen LogP contribution in [-0.2, 0) is 10.2 Å². The fourth-order valence-corrected chi connectivity index (χ4v) is 2.48. The van der Waals surface area contributed by atoms with Crippen LogP contribution in [-0.4, -0.2) is 11.1 Å². The number of carboxylic acid groups (broad SMARTS) is 1. The summed E-state index contributed by atoms with van der Waals surface area (Å²) in [6.45, 7) is 3.84. The van der Waals surface area contributed by atoms with Gasteiger partial charge < -0.3 is 5.11 Å². The summed E-state index contributed by atoms with van der Waals surface area (Å²) in [6, 6.07) is 18.7. The van der Waals surface area contributed by atoms with E-state index in [0.717, 1.165) is 16.7 Å². The van der Waals surface area contributed by atoms with E-state index in [1.165, 1.54) is 0 Å². The summed E-state index contributed by atoms with van der Waals surface area (Å²) >= 11 is 0. The Morgan fingerprint density at radius 3 is 1.60 bits per heavy atom. The molecule has 20 heavy (non-hydrogen) atoms. The number of hydrogen-bond donors (Lipinski definition) is 1. The first-order chi connectivity index (χ1) is 9.57. The Labute approximate surface area is 119 Å². The van der Waals surface area contributed by atoms with Crippen LogP contribution in [0, 0.1) is 0 Å². The molecule has 0 radical (unpaired) electrons. The highest BCUT2D eigenvalue weighted by Crippen LogP contribution is 2.35. The number of hydrogen-bond acceptors (Lipinski definition) is 1. The second-order valence-corrected chi connectivity index (χ2v) is 5.07. The molecule has 0 aliphatic carbocycles. The lowest BCUT2D eigenvalue weighted by Gasteiger charge is -2.28. The lowest BCUT2D eigenvalue weighted by atomic mass is 9.73. The highest BCUT2D eigenvalue weighted by molar-refractivity contribution is 5.89. The van der Waals surface area contributed by atoms with Crippen LogP contribution in [0.15, 0.2) is 72.3 Å². The van der Waals surface area contributed by atoms with Gasteiger partial charge in [0.05, 0.1) is 0 Å². The molecule has 0 heterocycles. The molecule has 0 fully saturated rings. The molecule has 0 saturated carbocycles. The highest BCUT2D eigenvalue weighted by atomic mass is 16.4. The van der Waals surface area contributed by atoms with Gasteiger partial charge in [-0.2, -0.15) is 0 Å². The number of aliphatic carboxylic acids is 1. The maximum absolute atomic E-state index is 12.1. The third kappa shape index (κ3) is 2.50. The van der Waals surface area contributed by atoms with E-state index in [9.17, 15) is 9.90 Å². The standard InChI is InChI=1S/C18H18O2/c1-14(2)13-18(17(19)20,15-9-5-3-6-10-15)16-11-7-4-8-12-16/h3-13H,1-2H3,(H,19,20). The molecule has 2 nitrogen and oxygen atoms in total.